The Morgan fingerprint density at radius 3 is 2.86 bits per heavy atom. The lowest BCUT2D eigenvalue weighted by atomic mass is 10.1. The molecule has 21 heavy (non-hydrogen) atoms. The molecule has 4 heteroatoms. The average molecular weight is 343 g/mol. The summed E-state index contributed by atoms with van der Waals surface area (Å²) in [6.45, 7) is 2.50. The Morgan fingerprint density at radius 2 is 2.05 bits per heavy atom. The molecule has 0 atom stereocenters. The van der Waals surface area contributed by atoms with E-state index in [-0.39, 0.29) is 0 Å². The number of benzene rings is 2. The van der Waals surface area contributed by atoms with Crippen LogP contribution in [0.4, 0.5) is 5.69 Å². The Balaban J connectivity index is 1.90. The minimum absolute atomic E-state index is 0.469. The van der Waals surface area contributed by atoms with Crippen molar-refractivity contribution in [3.63, 3.8) is 0 Å². The molecule has 1 aromatic heterocycles. The largest absolute Gasteiger partial charge is 0.489 e. The normalized spacial score (nSPS) is 10.8. The van der Waals surface area contributed by atoms with Crippen LogP contribution in [0.3, 0.4) is 0 Å². The molecule has 3 aromatic rings. The van der Waals surface area contributed by atoms with Gasteiger partial charge in [-0.15, -0.1) is 0 Å². The maximum Gasteiger partial charge on any atom is 0.122 e. The van der Waals surface area contributed by atoms with Gasteiger partial charge in [-0.2, -0.15) is 0 Å². The number of anilines is 1. The summed E-state index contributed by atoms with van der Waals surface area (Å²) in [5, 5.41) is 0.964. The molecule has 2 aromatic carbocycles. The number of pyridine rings is 1. The van der Waals surface area contributed by atoms with Crippen LogP contribution in [0.5, 0.6) is 5.75 Å². The molecule has 3 rings (SSSR count). The predicted octanol–water partition coefficient (Wildman–Crippen LogP) is 4.47. The monoisotopic (exact) mass is 342 g/mol. The smallest absolute Gasteiger partial charge is 0.122 e. The van der Waals surface area contributed by atoms with Crippen LogP contribution >= 0.6 is 15.9 Å². The molecule has 0 aliphatic rings. The summed E-state index contributed by atoms with van der Waals surface area (Å²) in [4.78, 5) is 4.42. The molecule has 0 amide bonds. The van der Waals surface area contributed by atoms with Gasteiger partial charge in [-0.3, -0.25) is 4.98 Å². The van der Waals surface area contributed by atoms with Gasteiger partial charge < -0.3 is 10.5 Å². The summed E-state index contributed by atoms with van der Waals surface area (Å²) in [6.07, 6.45) is 1.77. The van der Waals surface area contributed by atoms with Crippen molar-refractivity contribution in [1.29, 1.82) is 0 Å². The second-order valence-corrected chi connectivity index (χ2v) is 5.83. The van der Waals surface area contributed by atoms with E-state index in [4.69, 9.17) is 10.5 Å². The van der Waals surface area contributed by atoms with Gasteiger partial charge in [0, 0.05) is 27.3 Å². The number of hydrogen-bond acceptors (Lipinski definition) is 3. The van der Waals surface area contributed by atoms with E-state index in [0.29, 0.717) is 6.61 Å². The number of rotatable bonds is 3. The first-order valence-electron chi connectivity index (χ1n) is 6.66. The highest BCUT2D eigenvalue weighted by Gasteiger charge is 2.07. The van der Waals surface area contributed by atoms with E-state index in [1.807, 2.05) is 49.4 Å². The number of aryl methyl sites for hydroxylation is 1. The molecule has 0 saturated carbocycles. The minimum atomic E-state index is 0.469. The molecule has 0 radical (unpaired) electrons. The van der Waals surface area contributed by atoms with Gasteiger partial charge in [0.05, 0.1) is 5.52 Å². The Morgan fingerprint density at radius 1 is 1.19 bits per heavy atom. The van der Waals surface area contributed by atoms with Crippen LogP contribution in [0.2, 0.25) is 0 Å². The maximum atomic E-state index is 5.99. The quantitative estimate of drug-likeness (QED) is 0.714. The van der Waals surface area contributed by atoms with Gasteiger partial charge in [0.1, 0.15) is 12.4 Å². The molecule has 0 saturated heterocycles. The van der Waals surface area contributed by atoms with Gasteiger partial charge in [0.2, 0.25) is 0 Å². The molecule has 0 aliphatic carbocycles. The number of fused-ring (bicyclic) bond motifs is 1. The van der Waals surface area contributed by atoms with Gasteiger partial charge in [0.15, 0.2) is 0 Å². The van der Waals surface area contributed by atoms with E-state index in [1.54, 1.807) is 6.20 Å². The summed E-state index contributed by atoms with van der Waals surface area (Å²) in [5.41, 5.74) is 9.74. The van der Waals surface area contributed by atoms with Crippen LogP contribution in [-0.4, -0.2) is 4.98 Å². The number of halogens is 1. The zero-order valence-electron chi connectivity index (χ0n) is 11.6. The van der Waals surface area contributed by atoms with E-state index < -0.39 is 0 Å². The number of aromatic nitrogens is 1. The zero-order valence-corrected chi connectivity index (χ0v) is 13.2. The third-order valence-corrected chi connectivity index (χ3v) is 3.90. The van der Waals surface area contributed by atoms with Crippen LogP contribution in [0.25, 0.3) is 10.9 Å². The topological polar surface area (TPSA) is 48.1 Å². The Labute approximate surface area is 131 Å². The van der Waals surface area contributed by atoms with Gasteiger partial charge in [0.25, 0.3) is 0 Å². The Kier molecular flexibility index (Phi) is 3.80. The molecule has 0 unspecified atom stereocenters. The molecule has 1 heterocycles. The van der Waals surface area contributed by atoms with Gasteiger partial charge >= 0.3 is 0 Å². The fourth-order valence-electron chi connectivity index (χ4n) is 2.30. The lowest BCUT2D eigenvalue weighted by molar-refractivity contribution is 0.305. The van der Waals surface area contributed by atoms with Crippen LogP contribution in [0.1, 0.15) is 11.1 Å². The maximum absolute atomic E-state index is 5.99. The second-order valence-electron chi connectivity index (χ2n) is 4.91. The van der Waals surface area contributed by atoms with E-state index in [1.165, 1.54) is 0 Å². The summed E-state index contributed by atoms with van der Waals surface area (Å²) in [5.74, 6) is 0.874. The van der Waals surface area contributed by atoms with E-state index >= 15 is 0 Å². The highest BCUT2D eigenvalue weighted by atomic mass is 79.9. The fraction of sp³-hybridized carbons (Fsp3) is 0.118. The van der Waals surface area contributed by atoms with Crippen molar-refractivity contribution in [3.8, 4) is 5.75 Å². The molecular formula is C17H15BrN2O. The second kappa shape index (κ2) is 5.74. The Hall–Kier alpha value is -2.07. The average Bonchev–Trinajstić information content (AvgIpc) is 2.48. The molecule has 0 fully saturated rings. The lowest BCUT2D eigenvalue weighted by Crippen LogP contribution is -2.00. The van der Waals surface area contributed by atoms with E-state index in [0.717, 1.165) is 37.9 Å². The Bertz CT molecular complexity index is 802. The zero-order chi connectivity index (χ0) is 14.8. The fourth-order valence-corrected chi connectivity index (χ4v) is 2.78. The molecular weight excluding hydrogens is 328 g/mol. The highest BCUT2D eigenvalue weighted by molar-refractivity contribution is 9.10. The van der Waals surface area contributed by atoms with Crippen LogP contribution < -0.4 is 10.5 Å². The van der Waals surface area contributed by atoms with Crippen LogP contribution in [0.15, 0.2) is 53.1 Å². The predicted molar refractivity (Wildman–Crippen MR) is 89.4 cm³/mol. The highest BCUT2D eigenvalue weighted by Crippen LogP contribution is 2.26. The van der Waals surface area contributed by atoms with Gasteiger partial charge in [-0.1, -0.05) is 22.0 Å². The van der Waals surface area contributed by atoms with Crippen LogP contribution in [0, 0.1) is 6.92 Å². The third-order valence-electron chi connectivity index (χ3n) is 3.41. The third kappa shape index (κ3) is 2.85. The molecule has 106 valence electrons. The van der Waals surface area contributed by atoms with Crippen molar-refractivity contribution in [2.45, 2.75) is 13.5 Å². The summed E-state index contributed by atoms with van der Waals surface area (Å²) in [7, 11) is 0. The minimum Gasteiger partial charge on any atom is -0.489 e. The molecule has 0 aliphatic heterocycles. The van der Waals surface area contributed by atoms with Crippen LogP contribution in [-0.2, 0) is 6.61 Å². The van der Waals surface area contributed by atoms with Gasteiger partial charge in [-0.25, -0.2) is 0 Å². The van der Waals surface area contributed by atoms with Crippen molar-refractivity contribution < 1.29 is 4.74 Å². The van der Waals surface area contributed by atoms with Crippen molar-refractivity contribution in [2.24, 2.45) is 0 Å². The first-order chi connectivity index (χ1) is 10.1. The van der Waals surface area contributed by atoms with Gasteiger partial charge in [-0.05, 0) is 48.9 Å². The number of nitrogens with zero attached hydrogens (tertiary/aromatic N) is 1. The number of hydrogen-bond donors (Lipinski definition) is 1. The van der Waals surface area contributed by atoms with Crippen molar-refractivity contribution in [1.82, 2.24) is 4.98 Å². The van der Waals surface area contributed by atoms with E-state index in [9.17, 15) is 0 Å². The van der Waals surface area contributed by atoms with Crippen molar-refractivity contribution >= 4 is 32.5 Å². The lowest BCUT2D eigenvalue weighted by Gasteiger charge is -2.11. The standard InChI is InChI=1S/C17H15BrN2O/c1-11-9-13(18)5-7-16(11)21-10-12-4-6-15(19)14-3-2-8-20-17(12)14/h2-9H,10,19H2,1H3. The summed E-state index contributed by atoms with van der Waals surface area (Å²) in [6, 6.07) is 13.7. The first kappa shape index (κ1) is 13.9. The molecule has 0 spiro atoms. The van der Waals surface area contributed by atoms with E-state index in [2.05, 4.69) is 20.9 Å². The SMILES string of the molecule is Cc1cc(Br)ccc1OCc1ccc(N)c2cccnc12. The first-order valence-corrected chi connectivity index (χ1v) is 7.45. The summed E-state index contributed by atoms with van der Waals surface area (Å²) >= 11 is 3.45. The molecule has 3 nitrogen and oxygen atoms in total. The summed E-state index contributed by atoms with van der Waals surface area (Å²) < 4.78 is 6.97. The van der Waals surface area contributed by atoms with Crippen molar-refractivity contribution in [2.75, 3.05) is 5.73 Å². The number of nitrogen functional groups attached to an aromatic ring is 1. The number of nitrogens with two attached hydrogens (primary N) is 1. The molecule has 0 bridgehead atoms. The number of ether oxygens (including phenoxy) is 1. The molecule has 2 N–H and O–H groups in total. The van der Waals surface area contributed by atoms with Crippen molar-refractivity contribution in [3.05, 3.63) is 64.3 Å².